The van der Waals surface area contributed by atoms with Crippen LogP contribution < -0.4 is 10.1 Å². The summed E-state index contributed by atoms with van der Waals surface area (Å²) in [5.41, 5.74) is 2.76. The quantitative estimate of drug-likeness (QED) is 0.274. The third-order valence-corrected chi connectivity index (χ3v) is 7.72. The van der Waals surface area contributed by atoms with Crippen molar-refractivity contribution < 1.29 is 28.6 Å². The Hall–Kier alpha value is -3.38. The molecule has 2 heterocycles. The monoisotopic (exact) mass is 546 g/mol. The number of aromatic nitrogens is 3. The fraction of sp³-hybridized carbons (Fsp3) is 0.400. The Morgan fingerprint density at radius 1 is 1.03 bits per heavy atom. The van der Waals surface area contributed by atoms with Crippen LogP contribution in [0.4, 0.5) is 5.00 Å². The van der Waals surface area contributed by atoms with Gasteiger partial charge in [0, 0.05) is 7.05 Å². The van der Waals surface area contributed by atoms with Crippen molar-refractivity contribution in [2.75, 3.05) is 24.3 Å². The standard InChI is InChI=1S/C25H30N4O6S2/c1-7-33-23(31)20-16(5)21(24(32)34-8-2)37-22(20)26-19(30)13-36-25-28-27-18(29(25)6)12-35-17-11-9-10-14(3)15(17)4/h9-11H,7-8,12-13H2,1-6H3,(H,26,30). The molecule has 0 spiro atoms. The first-order chi connectivity index (χ1) is 17.7. The number of hydrogen-bond acceptors (Lipinski definition) is 10. The molecular weight excluding hydrogens is 516 g/mol. The Morgan fingerprint density at radius 3 is 2.43 bits per heavy atom. The van der Waals surface area contributed by atoms with E-state index in [0.29, 0.717) is 16.5 Å². The van der Waals surface area contributed by atoms with Crippen molar-refractivity contribution in [3.8, 4) is 5.75 Å². The van der Waals surface area contributed by atoms with Gasteiger partial charge >= 0.3 is 11.9 Å². The number of hydrogen-bond donors (Lipinski definition) is 1. The molecule has 37 heavy (non-hydrogen) atoms. The minimum Gasteiger partial charge on any atom is -0.485 e. The number of nitrogens with one attached hydrogen (secondary N) is 1. The number of anilines is 1. The molecule has 12 heteroatoms. The summed E-state index contributed by atoms with van der Waals surface area (Å²) >= 11 is 2.18. The molecule has 0 saturated carbocycles. The molecule has 3 rings (SSSR count). The van der Waals surface area contributed by atoms with Crippen molar-refractivity contribution in [1.29, 1.82) is 0 Å². The first-order valence-electron chi connectivity index (χ1n) is 11.6. The highest BCUT2D eigenvalue weighted by atomic mass is 32.2. The van der Waals surface area contributed by atoms with Crippen molar-refractivity contribution in [3.63, 3.8) is 0 Å². The van der Waals surface area contributed by atoms with E-state index >= 15 is 0 Å². The molecule has 0 aliphatic rings. The molecule has 0 bridgehead atoms. The Bertz CT molecular complexity index is 1300. The van der Waals surface area contributed by atoms with Crippen molar-refractivity contribution in [1.82, 2.24) is 14.8 Å². The summed E-state index contributed by atoms with van der Waals surface area (Å²) in [5, 5.41) is 11.9. The summed E-state index contributed by atoms with van der Waals surface area (Å²) in [4.78, 5) is 37.9. The highest BCUT2D eigenvalue weighted by Crippen LogP contribution is 2.34. The lowest BCUT2D eigenvalue weighted by Crippen LogP contribution is -2.17. The second kappa shape index (κ2) is 12.7. The lowest BCUT2D eigenvalue weighted by molar-refractivity contribution is -0.113. The molecule has 1 aromatic carbocycles. The Balaban J connectivity index is 1.67. The van der Waals surface area contributed by atoms with Crippen LogP contribution >= 0.6 is 23.1 Å². The first kappa shape index (κ1) is 28.2. The molecule has 0 radical (unpaired) electrons. The predicted molar refractivity (Wildman–Crippen MR) is 142 cm³/mol. The van der Waals surface area contributed by atoms with Crippen LogP contribution in [0.3, 0.4) is 0 Å². The summed E-state index contributed by atoms with van der Waals surface area (Å²) in [6.45, 7) is 9.61. The van der Waals surface area contributed by atoms with Crippen molar-refractivity contribution in [2.24, 2.45) is 7.05 Å². The van der Waals surface area contributed by atoms with Crippen LogP contribution in [0.1, 0.15) is 56.4 Å². The smallest absolute Gasteiger partial charge is 0.348 e. The molecular formula is C25H30N4O6S2. The van der Waals surface area contributed by atoms with Crippen LogP contribution in [0.2, 0.25) is 0 Å². The van der Waals surface area contributed by atoms with Gasteiger partial charge in [0.05, 0.1) is 24.5 Å². The van der Waals surface area contributed by atoms with E-state index in [2.05, 4.69) is 15.5 Å². The molecule has 0 atom stereocenters. The van der Waals surface area contributed by atoms with Gasteiger partial charge in [-0.3, -0.25) is 4.79 Å². The molecule has 3 aromatic rings. The second-order valence-corrected chi connectivity index (χ2v) is 9.95. The van der Waals surface area contributed by atoms with E-state index in [1.165, 1.54) is 11.8 Å². The zero-order valence-electron chi connectivity index (χ0n) is 21.7. The Labute approximate surface area is 223 Å². The van der Waals surface area contributed by atoms with Gasteiger partial charge in [0.15, 0.2) is 11.0 Å². The summed E-state index contributed by atoms with van der Waals surface area (Å²) < 4.78 is 17.9. The Morgan fingerprint density at radius 2 is 1.73 bits per heavy atom. The number of amides is 1. The lowest BCUT2D eigenvalue weighted by Gasteiger charge is -2.10. The molecule has 10 nitrogen and oxygen atoms in total. The fourth-order valence-electron chi connectivity index (χ4n) is 3.35. The number of thioether (sulfide) groups is 1. The molecule has 0 saturated heterocycles. The number of ether oxygens (including phenoxy) is 3. The molecule has 0 aliphatic heterocycles. The van der Waals surface area contributed by atoms with Crippen LogP contribution in [0.5, 0.6) is 5.75 Å². The first-order valence-corrected chi connectivity index (χ1v) is 13.5. The second-order valence-electron chi connectivity index (χ2n) is 7.98. The van der Waals surface area contributed by atoms with E-state index in [0.717, 1.165) is 28.2 Å². The molecule has 0 unspecified atom stereocenters. The number of benzene rings is 1. The molecule has 1 N–H and O–H groups in total. The fourth-order valence-corrected chi connectivity index (χ4v) is 5.19. The van der Waals surface area contributed by atoms with Gasteiger partial charge in [-0.05, 0) is 57.4 Å². The van der Waals surface area contributed by atoms with Crippen LogP contribution in [0.15, 0.2) is 23.4 Å². The normalized spacial score (nSPS) is 10.8. The van der Waals surface area contributed by atoms with Gasteiger partial charge in [-0.1, -0.05) is 23.9 Å². The highest BCUT2D eigenvalue weighted by molar-refractivity contribution is 7.99. The van der Waals surface area contributed by atoms with Gasteiger partial charge < -0.3 is 24.1 Å². The summed E-state index contributed by atoms with van der Waals surface area (Å²) in [6, 6.07) is 5.87. The summed E-state index contributed by atoms with van der Waals surface area (Å²) in [6.07, 6.45) is 0. The zero-order valence-corrected chi connectivity index (χ0v) is 23.3. The van der Waals surface area contributed by atoms with Crippen LogP contribution in [-0.4, -0.2) is 51.6 Å². The average molecular weight is 547 g/mol. The van der Waals surface area contributed by atoms with Crippen molar-refractivity contribution in [2.45, 2.75) is 46.4 Å². The van der Waals surface area contributed by atoms with Crippen LogP contribution in [0.25, 0.3) is 0 Å². The number of carbonyl (C=O) groups excluding carboxylic acids is 3. The van der Waals surface area contributed by atoms with E-state index < -0.39 is 11.9 Å². The maximum Gasteiger partial charge on any atom is 0.348 e. The zero-order chi connectivity index (χ0) is 27.1. The maximum absolute atomic E-state index is 12.8. The van der Waals surface area contributed by atoms with E-state index in [9.17, 15) is 14.4 Å². The third kappa shape index (κ3) is 6.69. The number of carbonyl (C=O) groups is 3. The van der Waals surface area contributed by atoms with Gasteiger partial charge in [-0.15, -0.1) is 21.5 Å². The van der Waals surface area contributed by atoms with E-state index in [1.807, 2.05) is 32.0 Å². The largest absolute Gasteiger partial charge is 0.485 e. The van der Waals surface area contributed by atoms with Gasteiger partial charge in [-0.25, -0.2) is 9.59 Å². The van der Waals surface area contributed by atoms with Crippen LogP contribution in [0, 0.1) is 20.8 Å². The number of aryl methyl sites for hydroxylation is 1. The predicted octanol–water partition coefficient (Wildman–Crippen LogP) is 4.47. The summed E-state index contributed by atoms with van der Waals surface area (Å²) in [7, 11) is 1.80. The van der Waals surface area contributed by atoms with Gasteiger partial charge in [0.2, 0.25) is 5.91 Å². The SMILES string of the molecule is CCOC(=O)c1sc(NC(=O)CSc2nnc(COc3cccc(C)c3C)n2C)c(C(=O)OCC)c1C. The minimum absolute atomic E-state index is 0.0117. The van der Waals surface area contributed by atoms with E-state index in [-0.39, 0.29) is 46.9 Å². The lowest BCUT2D eigenvalue weighted by atomic mass is 10.1. The highest BCUT2D eigenvalue weighted by Gasteiger charge is 2.27. The summed E-state index contributed by atoms with van der Waals surface area (Å²) in [5.74, 6) is -0.138. The number of nitrogens with zero attached hydrogens (tertiary/aromatic N) is 3. The Kier molecular flexibility index (Phi) is 9.70. The molecule has 198 valence electrons. The van der Waals surface area contributed by atoms with E-state index in [1.54, 1.807) is 32.4 Å². The molecule has 0 aliphatic carbocycles. The van der Waals surface area contributed by atoms with E-state index in [4.69, 9.17) is 14.2 Å². The molecule has 1 amide bonds. The van der Waals surface area contributed by atoms with Gasteiger partial charge in [0.25, 0.3) is 0 Å². The van der Waals surface area contributed by atoms with Gasteiger partial charge in [-0.2, -0.15) is 0 Å². The topological polar surface area (TPSA) is 122 Å². The van der Waals surface area contributed by atoms with Crippen molar-refractivity contribution in [3.05, 3.63) is 51.2 Å². The minimum atomic E-state index is -0.614. The molecule has 2 aromatic heterocycles. The number of rotatable bonds is 11. The average Bonchev–Trinajstić information content (AvgIpc) is 3.37. The van der Waals surface area contributed by atoms with Crippen LogP contribution in [-0.2, 0) is 27.9 Å². The number of thiophene rings is 1. The van der Waals surface area contributed by atoms with Gasteiger partial charge in [0.1, 0.15) is 22.2 Å². The maximum atomic E-state index is 12.8. The number of esters is 2. The third-order valence-electron chi connectivity index (χ3n) is 5.51. The van der Waals surface area contributed by atoms with Crippen molar-refractivity contribution >= 4 is 45.9 Å². The molecule has 0 fully saturated rings.